The van der Waals surface area contributed by atoms with Gasteiger partial charge in [-0.25, -0.2) is 4.99 Å². The van der Waals surface area contributed by atoms with E-state index in [0.29, 0.717) is 31.1 Å². The van der Waals surface area contributed by atoms with E-state index in [1.165, 1.54) is 0 Å². The van der Waals surface area contributed by atoms with Gasteiger partial charge in [-0.15, -0.1) is 0 Å². The van der Waals surface area contributed by atoms with Crippen LogP contribution in [0.3, 0.4) is 0 Å². The van der Waals surface area contributed by atoms with Gasteiger partial charge in [0.25, 0.3) is 0 Å². The molecule has 0 atom stereocenters. The number of hydrogen-bond acceptors (Lipinski definition) is 5. The lowest BCUT2D eigenvalue weighted by Crippen LogP contribution is -2.49. The number of hydrogen-bond donors (Lipinski definition) is 2. The van der Waals surface area contributed by atoms with Gasteiger partial charge in [-0.2, -0.15) is 0 Å². The molecule has 6 nitrogen and oxygen atoms in total. The highest BCUT2D eigenvalue weighted by molar-refractivity contribution is 7.81. The lowest BCUT2D eigenvalue weighted by Gasteiger charge is -2.36. The number of phenols is 1. The van der Waals surface area contributed by atoms with E-state index in [0.717, 1.165) is 58.0 Å². The molecule has 4 rings (SSSR count). The number of anilines is 1. The van der Waals surface area contributed by atoms with Crippen LogP contribution in [-0.4, -0.2) is 52.8 Å². The molecule has 2 aromatic rings. The van der Waals surface area contributed by atoms with Gasteiger partial charge >= 0.3 is 0 Å². The number of rotatable bonds is 5. The highest BCUT2D eigenvalue weighted by atomic mass is 32.1. The average molecular weight is 559 g/mol. The van der Waals surface area contributed by atoms with Gasteiger partial charge in [-0.3, -0.25) is 4.79 Å². The average Bonchev–Trinajstić information content (AvgIpc) is 2.89. The fourth-order valence-corrected chi connectivity index (χ4v) is 5.42. The van der Waals surface area contributed by atoms with Crippen LogP contribution in [0, 0.1) is 0 Å². The Morgan fingerprint density at radius 3 is 2.08 bits per heavy atom. The first-order valence-electron chi connectivity index (χ1n) is 14.0. The maximum absolute atomic E-state index is 13.3. The number of carbonyl (C=O) groups is 1. The van der Waals surface area contributed by atoms with Gasteiger partial charge in [-0.05, 0) is 51.8 Å². The van der Waals surface area contributed by atoms with Crippen LogP contribution < -0.4 is 10.6 Å². The van der Waals surface area contributed by atoms with E-state index in [9.17, 15) is 9.90 Å². The number of aliphatic imine (C=N–C) groups is 1. The van der Waals surface area contributed by atoms with Crippen LogP contribution in [0.25, 0.3) is 0 Å². The molecule has 1 aliphatic heterocycles. The molecule has 0 spiro atoms. The van der Waals surface area contributed by atoms with Crippen molar-refractivity contribution in [3.8, 4) is 5.75 Å². The Balaban J connectivity index is 1.40. The molecular weight excluding hydrogens is 516 g/mol. The van der Waals surface area contributed by atoms with Crippen molar-refractivity contribution in [1.82, 2.24) is 4.90 Å². The first kappa shape index (κ1) is 29.5. The van der Waals surface area contributed by atoms with Gasteiger partial charge < -0.3 is 20.6 Å². The third kappa shape index (κ3) is 6.81. The number of nitrogens with zero attached hydrogens (tertiary/aromatic N) is 3. The number of phenolic OH excluding ortho intramolecular Hbond substituents is 1. The molecule has 0 saturated carbocycles. The monoisotopic (exact) mass is 558 g/mol. The van der Waals surface area contributed by atoms with Crippen LogP contribution in [0.15, 0.2) is 65.2 Å². The summed E-state index contributed by atoms with van der Waals surface area (Å²) >= 11 is 5.41. The van der Waals surface area contributed by atoms with Gasteiger partial charge in [0.2, 0.25) is 5.91 Å². The van der Waals surface area contributed by atoms with E-state index in [-0.39, 0.29) is 16.7 Å². The van der Waals surface area contributed by atoms with Crippen LogP contribution in [0.5, 0.6) is 5.75 Å². The van der Waals surface area contributed by atoms with Crippen molar-refractivity contribution >= 4 is 40.2 Å². The molecule has 40 heavy (non-hydrogen) atoms. The van der Waals surface area contributed by atoms with Crippen molar-refractivity contribution in [2.45, 2.75) is 65.2 Å². The van der Waals surface area contributed by atoms with Crippen molar-refractivity contribution in [2.75, 3.05) is 31.1 Å². The molecule has 1 aliphatic carbocycles. The molecule has 1 amide bonds. The van der Waals surface area contributed by atoms with Crippen LogP contribution in [0.1, 0.15) is 64.7 Å². The second-order valence-electron chi connectivity index (χ2n) is 12.7. The summed E-state index contributed by atoms with van der Waals surface area (Å²) in [6, 6.07) is 12.0. The van der Waals surface area contributed by atoms with E-state index in [1.807, 2.05) is 47.4 Å². The van der Waals surface area contributed by atoms with Crippen molar-refractivity contribution < 1.29 is 9.90 Å². The number of benzene rings is 2. The Morgan fingerprint density at radius 2 is 1.55 bits per heavy atom. The summed E-state index contributed by atoms with van der Waals surface area (Å²) in [5.41, 5.74) is 11.2. The Bertz CT molecular complexity index is 1330. The molecule has 0 bridgehead atoms. The summed E-state index contributed by atoms with van der Waals surface area (Å²) in [6.07, 6.45) is 6.93. The second kappa shape index (κ2) is 11.6. The second-order valence-corrected chi connectivity index (χ2v) is 13.2. The molecule has 1 heterocycles. The molecule has 0 aromatic heterocycles. The SMILES string of the molecule is CC(C)(C)c1cc(CC(=O)N2CCN(c3ccc(N=C(N)C4=CC=CCC4=S)cc3)CC2)cc(C(C)(C)C)c1O. The fourth-order valence-electron chi connectivity index (χ4n) is 5.15. The van der Waals surface area contributed by atoms with E-state index in [1.54, 1.807) is 0 Å². The molecule has 0 unspecified atom stereocenters. The van der Waals surface area contributed by atoms with Crippen LogP contribution >= 0.6 is 12.2 Å². The smallest absolute Gasteiger partial charge is 0.227 e. The lowest BCUT2D eigenvalue weighted by molar-refractivity contribution is -0.130. The van der Waals surface area contributed by atoms with E-state index in [2.05, 4.69) is 63.6 Å². The number of allylic oxidation sites excluding steroid dienone is 3. The minimum absolute atomic E-state index is 0.120. The van der Waals surface area contributed by atoms with Gasteiger partial charge in [0.05, 0.1) is 12.1 Å². The Morgan fingerprint density at radius 1 is 0.975 bits per heavy atom. The molecule has 7 heteroatoms. The van der Waals surface area contributed by atoms with Crippen LogP contribution in [0.2, 0.25) is 0 Å². The highest BCUT2D eigenvalue weighted by Gasteiger charge is 2.28. The Labute approximate surface area is 244 Å². The topological polar surface area (TPSA) is 82.2 Å². The predicted molar refractivity (Wildman–Crippen MR) is 170 cm³/mol. The van der Waals surface area contributed by atoms with Crippen molar-refractivity contribution in [2.24, 2.45) is 10.7 Å². The molecule has 2 aromatic carbocycles. The third-order valence-electron chi connectivity index (χ3n) is 7.52. The predicted octanol–water partition coefficient (Wildman–Crippen LogP) is 6.12. The molecule has 1 saturated heterocycles. The summed E-state index contributed by atoms with van der Waals surface area (Å²) in [5, 5.41) is 11.0. The molecule has 212 valence electrons. The Hall–Kier alpha value is -3.45. The van der Waals surface area contributed by atoms with E-state index < -0.39 is 0 Å². The van der Waals surface area contributed by atoms with E-state index >= 15 is 0 Å². The van der Waals surface area contributed by atoms with Crippen LogP contribution in [0.4, 0.5) is 11.4 Å². The molecule has 3 N–H and O–H groups in total. The normalized spacial score (nSPS) is 16.8. The molecule has 0 radical (unpaired) electrons. The number of piperazine rings is 1. The van der Waals surface area contributed by atoms with Crippen LogP contribution in [-0.2, 0) is 22.0 Å². The third-order valence-corrected chi connectivity index (χ3v) is 7.90. The standard InChI is InChI=1S/C33H42N4O2S/c1-32(2,3)26-19-22(20-27(30(26)39)33(4,5)6)21-29(38)37-17-15-36(16-18-37)24-13-11-23(12-14-24)35-31(34)25-9-7-8-10-28(25)40/h7-9,11-14,19-20,39H,10,15-18,21H2,1-6H3,(H2,34,35). The summed E-state index contributed by atoms with van der Waals surface area (Å²) in [4.78, 5) is 22.9. The highest BCUT2D eigenvalue weighted by Crippen LogP contribution is 2.40. The number of nitrogens with two attached hydrogens (primary N) is 1. The van der Waals surface area contributed by atoms with E-state index in [4.69, 9.17) is 18.0 Å². The number of amides is 1. The number of amidine groups is 1. The van der Waals surface area contributed by atoms with Crippen molar-refractivity contribution in [3.05, 3.63) is 76.9 Å². The first-order valence-corrected chi connectivity index (χ1v) is 14.4. The van der Waals surface area contributed by atoms with Crippen molar-refractivity contribution in [3.63, 3.8) is 0 Å². The van der Waals surface area contributed by atoms with Gasteiger partial charge in [0, 0.05) is 48.7 Å². The minimum Gasteiger partial charge on any atom is -0.507 e. The van der Waals surface area contributed by atoms with Gasteiger partial charge in [-0.1, -0.05) is 84.1 Å². The number of thiocarbonyl (C=S) groups is 1. The summed E-state index contributed by atoms with van der Waals surface area (Å²) in [6.45, 7) is 15.4. The largest absolute Gasteiger partial charge is 0.507 e. The molecule has 1 fully saturated rings. The van der Waals surface area contributed by atoms with Gasteiger partial charge in [0.15, 0.2) is 0 Å². The van der Waals surface area contributed by atoms with Gasteiger partial charge in [0.1, 0.15) is 11.6 Å². The Kier molecular flexibility index (Phi) is 8.55. The lowest BCUT2D eigenvalue weighted by atomic mass is 9.78. The van der Waals surface area contributed by atoms with Crippen molar-refractivity contribution in [1.29, 1.82) is 0 Å². The fraction of sp³-hybridized carbons (Fsp3) is 0.424. The quantitative estimate of drug-likeness (QED) is 0.262. The maximum atomic E-state index is 13.3. The molecular formula is C33H42N4O2S. The first-order chi connectivity index (χ1) is 18.7. The zero-order valence-electron chi connectivity index (χ0n) is 24.6. The summed E-state index contributed by atoms with van der Waals surface area (Å²) in [5.74, 6) is 0.901. The zero-order chi connectivity index (χ0) is 29.2. The minimum atomic E-state index is -0.224. The maximum Gasteiger partial charge on any atom is 0.227 e. The number of carbonyl (C=O) groups excluding carboxylic acids is 1. The zero-order valence-corrected chi connectivity index (χ0v) is 25.4. The summed E-state index contributed by atoms with van der Waals surface area (Å²) in [7, 11) is 0. The molecule has 2 aliphatic rings. The summed E-state index contributed by atoms with van der Waals surface area (Å²) < 4.78 is 0. The number of aromatic hydroxyl groups is 1.